The van der Waals surface area contributed by atoms with Crippen molar-refractivity contribution in [3.63, 3.8) is 0 Å². The maximum Gasteiger partial charge on any atom is 0.319 e. The molecule has 0 N–H and O–H groups in total. The fraction of sp³-hybridized carbons (Fsp3) is 0.200. The summed E-state index contributed by atoms with van der Waals surface area (Å²) in [7, 11) is 0. The molecule has 1 aromatic carbocycles. The first-order valence-electron chi connectivity index (χ1n) is 6.90. The Morgan fingerprint density at radius 1 is 1.23 bits per heavy atom. The Bertz CT molecular complexity index is 834. The van der Waals surface area contributed by atoms with E-state index in [1.54, 1.807) is 10.9 Å². The SMILES string of the molecule is O=C1OCC[C@@H]1Sc1ncnc2c1cnn2-c1ccccc1. The molecule has 1 fully saturated rings. The number of carbonyl (C=O) groups is 1. The maximum absolute atomic E-state index is 11.6. The van der Waals surface area contributed by atoms with Gasteiger partial charge in [0.2, 0.25) is 0 Å². The first-order chi connectivity index (χ1) is 10.8. The second kappa shape index (κ2) is 5.42. The van der Waals surface area contributed by atoms with Gasteiger partial charge in [-0.1, -0.05) is 30.0 Å². The predicted molar refractivity (Wildman–Crippen MR) is 81.9 cm³/mol. The lowest BCUT2D eigenvalue weighted by Gasteiger charge is -2.06. The zero-order chi connectivity index (χ0) is 14.9. The van der Waals surface area contributed by atoms with Crippen LogP contribution in [0.1, 0.15) is 6.42 Å². The molecule has 1 aliphatic rings. The molecule has 0 radical (unpaired) electrons. The van der Waals surface area contributed by atoms with Crippen LogP contribution in [0.2, 0.25) is 0 Å². The van der Waals surface area contributed by atoms with Crippen molar-refractivity contribution in [1.29, 1.82) is 0 Å². The number of hydrogen-bond donors (Lipinski definition) is 0. The number of esters is 1. The molecule has 1 saturated heterocycles. The lowest BCUT2D eigenvalue weighted by atomic mass is 10.3. The third-order valence-electron chi connectivity index (χ3n) is 3.47. The van der Waals surface area contributed by atoms with Crippen molar-refractivity contribution in [3.8, 4) is 5.69 Å². The molecule has 1 atom stereocenters. The number of benzene rings is 1. The summed E-state index contributed by atoms with van der Waals surface area (Å²) in [5.74, 6) is -0.174. The molecule has 0 spiro atoms. The lowest BCUT2D eigenvalue weighted by Crippen LogP contribution is -2.09. The van der Waals surface area contributed by atoms with E-state index in [0.717, 1.165) is 21.7 Å². The first kappa shape index (κ1) is 13.3. The fourth-order valence-electron chi connectivity index (χ4n) is 2.39. The van der Waals surface area contributed by atoms with Gasteiger partial charge in [-0.3, -0.25) is 4.79 Å². The molecule has 3 aromatic rings. The number of fused-ring (bicyclic) bond motifs is 1. The first-order valence-corrected chi connectivity index (χ1v) is 7.78. The van der Waals surface area contributed by atoms with E-state index in [2.05, 4.69) is 15.1 Å². The van der Waals surface area contributed by atoms with Crippen LogP contribution in [-0.4, -0.2) is 37.6 Å². The monoisotopic (exact) mass is 312 g/mol. The van der Waals surface area contributed by atoms with Gasteiger partial charge in [0.25, 0.3) is 0 Å². The zero-order valence-corrected chi connectivity index (χ0v) is 12.4. The number of aromatic nitrogens is 4. The van der Waals surface area contributed by atoms with Gasteiger partial charge in [-0.05, 0) is 12.1 Å². The van der Waals surface area contributed by atoms with E-state index in [-0.39, 0.29) is 11.2 Å². The average molecular weight is 312 g/mol. The van der Waals surface area contributed by atoms with Gasteiger partial charge in [0, 0.05) is 6.42 Å². The van der Waals surface area contributed by atoms with Gasteiger partial charge in [-0.15, -0.1) is 0 Å². The largest absolute Gasteiger partial charge is 0.465 e. The van der Waals surface area contributed by atoms with E-state index in [4.69, 9.17) is 4.74 Å². The predicted octanol–water partition coefficient (Wildman–Crippen LogP) is 2.22. The molecule has 6 nitrogen and oxygen atoms in total. The zero-order valence-electron chi connectivity index (χ0n) is 11.5. The summed E-state index contributed by atoms with van der Waals surface area (Å²) in [6.07, 6.45) is 3.96. The van der Waals surface area contributed by atoms with Crippen LogP contribution in [0.15, 0.2) is 47.9 Å². The number of nitrogens with zero attached hydrogens (tertiary/aromatic N) is 4. The van der Waals surface area contributed by atoms with Crippen molar-refractivity contribution in [1.82, 2.24) is 19.7 Å². The van der Waals surface area contributed by atoms with Gasteiger partial charge in [-0.25, -0.2) is 14.6 Å². The number of rotatable bonds is 3. The standard InChI is InChI=1S/C15H12N4O2S/c20-15-12(6-7-21-15)22-14-11-8-18-19(13(11)16-9-17-14)10-4-2-1-3-5-10/h1-5,8-9,12H,6-7H2/t12-/m0/s1. The molecule has 110 valence electrons. The van der Waals surface area contributed by atoms with Gasteiger partial charge in [0.15, 0.2) is 5.65 Å². The van der Waals surface area contributed by atoms with Crippen molar-refractivity contribution in [2.45, 2.75) is 16.7 Å². The summed E-state index contributed by atoms with van der Waals surface area (Å²) in [6.45, 7) is 0.480. The Kier molecular flexibility index (Phi) is 3.27. The number of cyclic esters (lactones) is 1. The van der Waals surface area contributed by atoms with Gasteiger partial charge >= 0.3 is 5.97 Å². The topological polar surface area (TPSA) is 69.9 Å². The number of hydrogen-bond acceptors (Lipinski definition) is 6. The van der Waals surface area contributed by atoms with Crippen LogP contribution in [0.25, 0.3) is 16.7 Å². The molecule has 0 saturated carbocycles. The molecule has 22 heavy (non-hydrogen) atoms. The van der Waals surface area contributed by atoms with Crippen molar-refractivity contribution in [2.75, 3.05) is 6.61 Å². The minimum absolute atomic E-state index is 0.174. The number of carbonyl (C=O) groups excluding carboxylic acids is 1. The molecule has 1 aliphatic heterocycles. The van der Waals surface area contributed by atoms with E-state index < -0.39 is 0 Å². The van der Waals surface area contributed by atoms with E-state index in [9.17, 15) is 4.79 Å². The molecule has 0 aliphatic carbocycles. The van der Waals surface area contributed by atoms with Crippen molar-refractivity contribution < 1.29 is 9.53 Å². The van der Waals surface area contributed by atoms with Gasteiger partial charge in [-0.2, -0.15) is 5.10 Å². The quantitative estimate of drug-likeness (QED) is 0.545. The third kappa shape index (κ3) is 2.23. The van der Waals surface area contributed by atoms with Gasteiger partial charge < -0.3 is 4.74 Å². The Morgan fingerprint density at radius 2 is 2.09 bits per heavy atom. The highest BCUT2D eigenvalue weighted by Crippen LogP contribution is 2.32. The van der Waals surface area contributed by atoms with Crippen LogP contribution in [-0.2, 0) is 9.53 Å². The molecule has 2 aromatic heterocycles. The van der Waals surface area contributed by atoms with Crippen molar-refractivity contribution in [3.05, 3.63) is 42.9 Å². The highest BCUT2D eigenvalue weighted by molar-refractivity contribution is 8.00. The van der Waals surface area contributed by atoms with Crippen LogP contribution in [0.3, 0.4) is 0 Å². The summed E-state index contributed by atoms with van der Waals surface area (Å²) >= 11 is 1.42. The average Bonchev–Trinajstić information content (AvgIpc) is 3.16. The smallest absolute Gasteiger partial charge is 0.319 e. The molecule has 0 unspecified atom stereocenters. The number of para-hydroxylation sites is 1. The van der Waals surface area contributed by atoms with Crippen LogP contribution >= 0.6 is 11.8 Å². The molecule has 7 heteroatoms. The normalized spacial score (nSPS) is 17.8. The van der Waals surface area contributed by atoms with E-state index >= 15 is 0 Å². The minimum Gasteiger partial charge on any atom is -0.465 e. The fourth-order valence-corrected chi connectivity index (χ4v) is 3.42. The summed E-state index contributed by atoms with van der Waals surface area (Å²) in [6, 6.07) is 9.80. The Balaban J connectivity index is 1.75. The van der Waals surface area contributed by atoms with E-state index in [1.807, 2.05) is 30.3 Å². The molecule has 0 amide bonds. The second-order valence-electron chi connectivity index (χ2n) is 4.87. The Morgan fingerprint density at radius 3 is 2.86 bits per heavy atom. The highest BCUT2D eigenvalue weighted by Gasteiger charge is 2.29. The summed E-state index contributed by atoms with van der Waals surface area (Å²) in [5, 5.41) is 5.81. The molecular formula is C15H12N4O2S. The van der Waals surface area contributed by atoms with Crippen LogP contribution in [0, 0.1) is 0 Å². The Hall–Kier alpha value is -2.41. The van der Waals surface area contributed by atoms with Crippen LogP contribution in [0.5, 0.6) is 0 Å². The van der Waals surface area contributed by atoms with Crippen LogP contribution in [0.4, 0.5) is 0 Å². The highest BCUT2D eigenvalue weighted by atomic mass is 32.2. The molecule has 4 rings (SSSR count). The third-order valence-corrected chi connectivity index (χ3v) is 4.73. The van der Waals surface area contributed by atoms with Crippen molar-refractivity contribution >= 4 is 28.8 Å². The van der Waals surface area contributed by atoms with E-state index in [1.165, 1.54) is 18.1 Å². The molecular weight excluding hydrogens is 300 g/mol. The van der Waals surface area contributed by atoms with E-state index in [0.29, 0.717) is 13.0 Å². The minimum atomic E-state index is -0.196. The summed E-state index contributed by atoms with van der Waals surface area (Å²) in [5.41, 5.74) is 1.67. The summed E-state index contributed by atoms with van der Waals surface area (Å²) < 4.78 is 6.77. The Labute approximate surface area is 130 Å². The summed E-state index contributed by atoms with van der Waals surface area (Å²) in [4.78, 5) is 20.3. The van der Waals surface area contributed by atoms with Crippen molar-refractivity contribution in [2.24, 2.45) is 0 Å². The van der Waals surface area contributed by atoms with Gasteiger partial charge in [0.1, 0.15) is 16.6 Å². The second-order valence-corrected chi connectivity index (χ2v) is 6.06. The molecule has 3 heterocycles. The molecule has 0 bridgehead atoms. The number of ether oxygens (including phenoxy) is 1. The maximum atomic E-state index is 11.6. The van der Waals surface area contributed by atoms with Gasteiger partial charge in [0.05, 0.1) is 23.9 Å². The lowest BCUT2D eigenvalue weighted by molar-refractivity contribution is -0.137. The number of thioether (sulfide) groups is 1. The van der Waals surface area contributed by atoms with Crippen LogP contribution < -0.4 is 0 Å².